The lowest BCUT2D eigenvalue weighted by Gasteiger charge is -2.13. The van der Waals surface area contributed by atoms with E-state index in [1.807, 2.05) is 48.8 Å². The van der Waals surface area contributed by atoms with E-state index in [1.165, 1.54) is 10.8 Å². The highest BCUT2D eigenvalue weighted by molar-refractivity contribution is 6.11. The zero-order valence-corrected chi connectivity index (χ0v) is 33.5. The van der Waals surface area contributed by atoms with E-state index in [0.717, 1.165) is 94.8 Å². The Balaban J connectivity index is 1.10. The van der Waals surface area contributed by atoms with Crippen LogP contribution in [0.3, 0.4) is 0 Å². The minimum atomic E-state index is 0.662. The molecule has 5 heterocycles. The Bertz CT molecular complexity index is 3380. The van der Waals surface area contributed by atoms with Gasteiger partial charge in [-0.05, 0) is 72.8 Å². The Kier molecular flexibility index (Phi) is 8.38. The molecule has 6 heteroatoms. The highest BCUT2D eigenvalue weighted by atomic mass is 15.0. The molecular formula is C56H36N6. The summed E-state index contributed by atoms with van der Waals surface area (Å²) in [5.74, 6) is 0.662. The lowest BCUT2D eigenvalue weighted by molar-refractivity contribution is 1.16. The molecule has 0 aliphatic carbocycles. The summed E-state index contributed by atoms with van der Waals surface area (Å²) < 4.78 is 4.59. The molecule has 0 radical (unpaired) electrons. The number of nitrogens with zero attached hydrogens (tertiary/aromatic N) is 6. The van der Waals surface area contributed by atoms with Crippen molar-refractivity contribution in [2.45, 2.75) is 0 Å². The van der Waals surface area contributed by atoms with Crippen molar-refractivity contribution in [3.8, 4) is 67.8 Å². The predicted molar refractivity (Wildman–Crippen MR) is 253 cm³/mol. The van der Waals surface area contributed by atoms with Crippen LogP contribution in [0.2, 0.25) is 0 Å². The van der Waals surface area contributed by atoms with Gasteiger partial charge in [0.2, 0.25) is 0 Å². The molecule has 0 atom stereocenters. The van der Waals surface area contributed by atoms with Crippen LogP contribution in [0.1, 0.15) is 0 Å². The topological polar surface area (TPSA) is 61.4 Å². The van der Waals surface area contributed by atoms with E-state index in [1.54, 1.807) is 0 Å². The number of hydrogen-bond donors (Lipinski definition) is 0. The van der Waals surface area contributed by atoms with Crippen molar-refractivity contribution in [1.29, 1.82) is 0 Å². The van der Waals surface area contributed by atoms with Crippen molar-refractivity contribution in [1.82, 2.24) is 29.1 Å². The molecule has 0 bridgehead atoms. The van der Waals surface area contributed by atoms with E-state index in [2.05, 4.69) is 179 Å². The van der Waals surface area contributed by atoms with Crippen LogP contribution in [0.5, 0.6) is 0 Å². The lowest BCUT2D eigenvalue weighted by Crippen LogP contribution is -1.97. The smallest absolute Gasteiger partial charge is 0.160 e. The van der Waals surface area contributed by atoms with Gasteiger partial charge in [-0.2, -0.15) is 0 Å². The molecule has 0 spiro atoms. The van der Waals surface area contributed by atoms with Crippen molar-refractivity contribution in [3.63, 3.8) is 0 Å². The Morgan fingerprint density at radius 2 is 0.661 bits per heavy atom. The SMILES string of the molecule is c1ccc(-c2cc(-c3cc(-c4cc5c6ccccc6n(-c6ccccc6)c5cn4)cc(-c4cc5c6ccccc6n(-c6ccccc6)c5cn4)c3)nc(-c3ccccc3)n2)cc1. The highest BCUT2D eigenvalue weighted by Gasteiger charge is 2.19. The Morgan fingerprint density at radius 3 is 1.15 bits per heavy atom. The van der Waals surface area contributed by atoms with Gasteiger partial charge in [0, 0.05) is 60.7 Å². The van der Waals surface area contributed by atoms with Gasteiger partial charge in [-0.1, -0.05) is 133 Å². The third-order valence-corrected chi connectivity index (χ3v) is 11.8. The fraction of sp³-hybridized carbons (Fsp3) is 0. The van der Waals surface area contributed by atoms with E-state index in [9.17, 15) is 0 Å². The van der Waals surface area contributed by atoms with Gasteiger partial charge in [-0.15, -0.1) is 0 Å². The van der Waals surface area contributed by atoms with Gasteiger partial charge >= 0.3 is 0 Å². The first-order valence-electron chi connectivity index (χ1n) is 20.8. The van der Waals surface area contributed by atoms with E-state index < -0.39 is 0 Å². The van der Waals surface area contributed by atoms with Crippen LogP contribution in [0.25, 0.3) is 111 Å². The van der Waals surface area contributed by atoms with Gasteiger partial charge in [0.05, 0.1) is 57.2 Å². The average molecular weight is 793 g/mol. The summed E-state index contributed by atoms with van der Waals surface area (Å²) in [6.45, 7) is 0. The Labute approximate surface area is 357 Å². The molecule has 0 saturated carbocycles. The summed E-state index contributed by atoms with van der Waals surface area (Å²) in [7, 11) is 0. The van der Waals surface area contributed by atoms with Crippen molar-refractivity contribution in [2.75, 3.05) is 0 Å². The first-order chi connectivity index (χ1) is 30.7. The molecule has 7 aromatic carbocycles. The number of benzene rings is 7. The summed E-state index contributed by atoms with van der Waals surface area (Å²) in [6.07, 6.45) is 4.02. The quantitative estimate of drug-likeness (QED) is 0.161. The second-order valence-corrected chi connectivity index (χ2v) is 15.5. The van der Waals surface area contributed by atoms with Crippen LogP contribution in [0.4, 0.5) is 0 Å². The third kappa shape index (κ3) is 6.04. The molecule has 12 rings (SSSR count). The second kappa shape index (κ2) is 14.7. The third-order valence-electron chi connectivity index (χ3n) is 11.8. The lowest BCUT2D eigenvalue weighted by atomic mass is 9.97. The molecule has 0 amide bonds. The molecule has 12 aromatic rings. The zero-order valence-electron chi connectivity index (χ0n) is 33.5. The molecule has 0 aliphatic heterocycles. The maximum absolute atomic E-state index is 5.27. The number of hydrogen-bond acceptors (Lipinski definition) is 4. The largest absolute Gasteiger partial charge is 0.308 e. The second-order valence-electron chi connectivity index (χ2n) is 15.5. The number of pyridine rings is 2. The van der Waals surface area contributed by atoms with E-state index in [-0.39, 0.29) is 0 Å². The minimum Gasteiger partial charge on any atom is -0.308 e. The first kappa shape index (κ1) is 35.5. The van der Waals surface area contributed by atoms with Crippen molar-refractivity contribution >= 4 is 43.6 Å². The van der Waals surface area contributed by atoms with Crippen LogP contribution in [-0.2, 0) is 0 Å². The normalized spacial score (nSPS) is 11.5. The van der Waals surface area contributed by atoms with Gasteiger partial charge in [0.1, 0.15) is 0 Å². The molecular weight excluding hydrogens is 757 g/mol. The molecule has 0 N–H and O–H groups in total. The minimum absolute atomic E-state index is 0.662. The van der Waals surface area contributed by atoms with Crippen LogP contribution in [0.15, 0.2) is 219 Å². The number of rotatable bonds is 7. The number of aromatic nitrogens is 6. The average Bonchev–Trinajstić information content (AvgIpc) is 3.87. The molecule has 0 unspecified atom stereocenters. The summed E-state index contributed by atoms with van der Waals surface area (Å²) in [6, 6.07) is 71.9. The zero-order chi connectivity index (χ0) is 41.0. The summed E-state index contributed by atoms with van der Waals surface area (Å²) in [5.41, 5.74) is 14.8. The number of para-hydroxylation sites is 4. The van der Waals surface area contributed by atoms with Gasteiger partial charge in [-0.3, -0.25) is 9.97 Å². The standard InChI is InChI=1S/C56H36N6/c1-5-17-37(18-6-1)50-34-51(60-56(59-50)38-19-7-2-8-20-38)41-30-39(48-32-46-44-25-13-15-27-52(44)61(54(46)35-57-48)42-21-9-3-10-22-42)29-40(31-41)49-33-47-45-26-14-16-28-53(45)62(55(47)36-58-49)43-23-11-4-12-24-43/h1-36H. The van der Waals surface area contributed by atoms with Crippen LogP contribution in [-0.4, -0.2) is 29.1 Å². The highest BCUT2D eigenvalue weighted by Crippen LogP contribution is 2.39. The molecule has 6 nitrogen and oxygen atoms in total. The van der Waals surface area contributed by atoms with Crippen molar-refractivity contribution in [3.05, 3.63) is 219 Å². The Morgan fingerprint density at radius 1 is 0.274 bits per heavy atom. The van der Waals surface area contributed by atoms with E-state index in [4.69, 9.17) is 19.9 Å². The maximum Gasteiger partial charge on any atom is 0.160 e. The Hall–Kier alpha value is -8.48. The fourth-order valence-corrected chi connectivity index (χ4v) is 8.90. The summed E-state index contributed by atoms with van der Waals surface area (Å²) in [4.78, 5) is 20.8. The monoisotopic (exact) mass is 792 g/mol. The maximum atomic E-state index is 5.27. The van der Waals surface area contributed by atoms with Crippen molar-refractivity contribution in [2.24, 2.45) is 0 Å². The van der Waals surface area contributed by atoms with Crippen LogP contribution in [0, 0.1) is 0 Å². The van der Waals surface area contributed by atoms with Gasteiger partial charge in [0.15, 0.2) is 5.82 Å². The van der Waals surface area contributed by atoms with Gasteiger partial charge in [0.25, 0.3) is 0 Å². The predicted octanol–water partition coefficient (Wildman–Crippen LogP) is 13.8. The van der Waals surface area contributed by atoms with Crippen LogP contribution < -0.4 is 0 Å². The van der Waals surface area contributed by atoms with E-state index >= 15 is 0 Å². The molecule has 0 fully saturated rings. The van der Waals surface area contributed by atoms with Crippen molar-refractivity contribution < 1.29 is 0 Å². The summed E-state index contributed by atoms with van der Waals surface area (Å²) in [5, 5.41) is 4.61. The van der Waals surface area contributed by atoms with Crippen LogP contribution >= 0.6 is 0 Å². The molecule has 290 valence electrons. The summed E-state index contributed by atoms with van der Waals surface area (Å²) >= 11 is 0. The fourth-order valence-electron chi connectivity index (χ4n) is 8.90. The number of fused-ring (bicyclic) bond motifs is 6. The van der Waals surface area contributed by atoms with E-state index in [0.29, 0.717) is 5.82 Å². The molecule has 0 saturated heterocycles. The first-order valence-corrected chi connectivity index (χ1v) is 20.8. The molecule has 62 heavy (non-hydrogen) atoms. The van der Waals surface area contributed by atoms with Gasteiger partial charge in [-0.25, -0.2) is 9.97 Å². The van der Waals surface area contributed by atoms with Gasteiger partial charge < -0.3 is 9.13 Å². The molecule has 5 aromatic heterocycles. The molecule has 0 aliphatic rings.